The van der Waals surface area contributed by atoms with Gasteiger partial charge in [0.25, 0.3) is 5.91 Å². The van der Waals surface area contributed by atoms with Crippen LogP contribution in [-0.4, -0.2) is 44.1 Å². The van der Waals surface area contributed by atoms with Crippen LogP contribution in [0, 0.1) is 0 Å². The van der Waals surface area contributed by atoms with E-state index in [1.807, 2.05) is 0 Å². The number of amides is 1. The number of benzene rings is 1. The number of likely N-dealkylation sites (N-methyl/N-ethyl adjacent to an activating group) is 1. The second kappa shape index (κ2) is 7.75. The second-order valence-corrected chi connectivity index (χ2v) is 4.95. The predicted octanol–water partition coefficient (Wildman–Crippen LogP) is 1.74. The van der Waals surface area contributed by atoms with Crippen molar-refractivity contribution in [1.29, 1.82) is 0 Å². The van der Waals surface area contributed by atoms with Crippen molar-refractivity contribution < 1.29 is 9.53 Å². The molecule has 0 spiro atoms. The molecule has 0 aromatic heterocycles. The standard InChI is InChI=1S/C15H25N3O2/c1-5-11(2)18(3)9-8-17-15(19)13-10-12(16)6-7-14(13)20-4/h6-7,10-11H,5,8-9,16H2,1-4H3,(H,17,19). The Bertz CT molecular complexity index is 449. The van der Waals surface area contributed by atoms with E-state index in [2.05, 4.69) is 31.1 Å². The van der Waals surface area contributed by atoms with Crippen molar-refractivity contribution in [2.75, 3.05) is 33.0 Å². The van der Waals surface area contributed by atoms with Crippen molar-refractivity contribution in [3.63, 3.8) is 0 Å². The first kappa shape index (κ1) is 16.3. The van der Waals surface area contributed by atoms with Gasteiger partial charge in [0.1, 0.15) is 5.75 Å². The third kappa shape index (κ3) is 4.42. The summed E-state index contributed by atoms with van der Waals surface area (Å²) in [7, 11) is 3.60. The zero-order chi connectivity index (χ0) is 15.1. The van der Waals surface area contributed by atoms with E-state index < -0.39 is 0 Å². The molecule has 5 nitrogen and oxygen atoms in total. The number of nitrogens with zero attached hydrogens (tertiary/aromatic N) is 1. The summed E-state index contributed by atoms with van der Waals surface area (Å²) in [5, 5.41) is 2.89. The smallest absolute Gasteiger partial charge is 0.255 e. The van der Waals surface area contributed by atoms with Gasteiger partial charge in [0.2, 0.25) is 0 Å². The average molecular weight is 279 g/mol. The fourth-order valence-corrected chi connectivity index (χ4v) is 1.88. The third-order valence-corrected chi connectivity index (χ3v) is 3.56. The van der Waals surface area contributed by atoms with Crippen molar-refractivity contribution in [1.82, 2.24) is 10.2 Å². The van der Waals surface area contributed by atoms with E-state index in [9.17, 15) is 4.79 Å². The number of hydrogen-bond donors (Lipinski definition) is 2. The Morgan fingerprint density at radius 1 is 1.50 bits per heavy atom. The molecule has 112 valence electrons. The van der Waals surface area contributed by atoms with Crippen molar-refractivity contribution in [3.05, 3.63) is 23.8 Å². The highest BCUT2D eigenvalue weighted by Crippen LogP contribution is 2.20. The first-order chi connectivity index (χ1) is 9.49. The highest BCUT2D eigenvalue weighted by molar-refractivity contribution is 5.97. The molecule has 0 aliphatic carbocycles. The summed E-state index contributed by atoms with van der Waals surface area (Å²) in [6, 6.07) is 5.56. The molecule has 0 bridgehead atoms. The van der Waals surface area contributed by atoms with Gasteiger partial charge >= 0.3 is 0 Å². The lowest BCUT2D eigenvalue weighted by Crippen LogP contribution is -2.37. The third-order valence-electron chi connectivity index (χ3n) is 3.56. The SMILES string of the molecule is CCC(C)N(C)CCNC(=O)c1cc(N)ccc1OC. The Balaban J connectivity index is 2.57. The Kier molecular flexibility index (Phi) is 6.31. The number of carbonyl (C=O) groups is 1. The van der Waals surface area contributed by atoms with Gasteiger partial charge in [-0.05, 0) is 38.6 Å². The maximum Gasteiger partial charge on any atom is 0.255 e. The van der Waals surface area contributed by atoms with E-state index in [4.69, 9.17) is 10.5 Å². The minimum Gasteiger partial charge on any atom is -0.496 e. The molecule has 1 amide bonds. The molecular weight excluding hydrogens is 254 g/mol. The van der Waals surface area contributed by atoms with Crippen LogP contribution in [0.3, 0.4) is 0 Å². The summed E-state index contributed by atoms with van der Waals surface area (Å²) >= 11 is 0. The number of rotatable bonds is 7. The van der Waals surface area contributed by atoms with Crippen LogP contribution in [0.1, 0.15) is 30.6 Å². The van der Waals surface area contributed by atoms with Crippen LogP contribution >= 0.6 is 0 Å². The summed E-state index contributed by atoms with van der Waals surface area (Å²) < 4.78 is 5.18. The molecule has 3 N–H and O–H groups in total. The molecule has 0 heterocycles. The fraction of sp³-hybridized carbons (Fsp3) is 0.533. The number of anilines is 1. The molecule has 0 saturated carbocycles. The lowest BCUT2D eigenvalue weighted by atomic mass is 10.1. The van der Waals surface area contributed by atoms with Crippen molar-refractivity contribution >= 4 is 11.6 Å². The summed E-state index contributed by atoms with van der Waals surface area (Å²) in [6.45, 7) is 5.73. The minimum atomic E-state index is -0.160. The Morgan fingerprint density at radius 2 is 2.20 bits per heavy atom. The van der Waals surface area contributed by atoms with Crippen LogP contribution < -0.4 is 15.8 Å². The van der Waals surface area contributed by atoms with Gasteiger partial charge < -0.3 is 20.7 Å². The monoisotopic (exact) mass is 279 g/mol. The zero-order valence-electron chi connectivity index (χ0n) is 12.8. The first-order valence-corrected chi connectivity index (χ1v) is 6.91. The fourth-order valence-electron chi connectivity index (χ4n) is 1.88. The number of nitrogen functional groups attached to an aromatic ring is 1. The van der Waals surface area contributed by atoms with Gasteiger partial charge in [0.15, 0.2) is 0 Å². The number of nitrogens with one attached hydrogen (secondary N) is 1. The molecule has 1 aromatic rings. The van der Waals surface area contributed by atoms with Crippen molar-refractivity contribution in [3.8, 4) is 5.75 Å². The van der Waals surface area contributed by atoms with Crippen LogP contribution in [0.5, 0.6) is 5.75 Å². The summed E-state index contributed by atoms with van der Waals surface area (Å²) in [4.78, 5) is 14.4. The first-order valence-electron chi connectivity index (χ1n) is 6.91. The van der Waals surface area contributed by atoms with E-state index in [0.717, 1.165) is 13.0 Å². The lowest BCUT2D eigenvalue weighted by Gasteiger charge is -2.23. The van der Waals surface area contributed by atoms with Gasteiger partial charge in [0.05, 0.1) is 12.7 Å². The Morgan fingerprint density at radius 3 is 2.80 bits per heavy atom. The maximum atomic E-state index is 12.1. The van der Waals surface area contributed by atoms with Crippen molar-refractivity contribution in [2.24, 2.45) is 0 Å². The summed E-state index contributed by atoms with van der Waals surface area (Å²) in [5.41, 5.74) is 6.73. The topological polar surface area (TPSA) is 67.6 Å². The Labute approximate surface area is 121 Å². The molecule has 20 heavy (non-hydrogen) atoms. The number of methoxy groups -OCH3 is 1. The highest BCUT2D eigenvalue weighted by Gasteiger charge is 2.13. The Hall–Kier alpha value is -1.75. The molecule has 0 fully saturated rings. The molecule has 1 atom stereocenters. The van der Waals surface area contributed by atoms with E-state index in [0.29, 0.717) is 29.6 Å². The number of carbonyl (C=O) groups excluding carboxylic acids is 1. The van der Waals surface area contributed by atoms with Crippen LogP contribution in [-0.2, 0) is 0 Å². The van der Waals surface area contributed by atoms with Crippen LogP contribution in [0.25, 0.3) is 0 Å². The van der Waals surface area contributed by atoms with Crippen LogP contribution in [0.4, 0.5) is 5.69 Å². The maximum absolute atomic E-state index is 12.1. The van der Waals surface area contributed by atoms with E-state index in [1.54, 1.807) is 25.3 Å². The summed E-state index contributed by atoms with van der Waals surface area (Å²) in [6.07, 6.45) is 1.09. The molecule has 5 heteroatoms. The zero-order valence-corrected chi connectivity index (χ0v) is 12.8. The summed E-state index contributed by atoms with van der Waals surface area (Å²) in [5.74, 6) is 0.374. The molecule has 0 radical (unpaired) electrons. The van der Waals surface area contributed by atoms with Crippen LogP contribution in [0.2, 0.25) is 0 Å². The van der Waals surface area contributed by atoms with Gasteiger partial charge in [0, 0.05) is 24.8 Å². The molecule has 0 aliphatic heterocycles. The van der Waals surface area contributed by atoms with Gasteiger partial charge in [-0.2, -0.15) is 0 Å². The second-order valence-electron chi connectivity index (χ2n) is 4.95. The predicted molar refractivity (Wildman–Crippen MR) is 82.1 cm³/mol. The molecule has 1 unspecified atom stereocenters. The average Bonchev–Trinajstić information content (AvgIpc) is 2.45. The lowest BCUT2D eigenvalue weighted by molar-refractivity contribution is 0.0944. The minimum absolute atomic E-state index is 0.160. The molecule has 0 aliphatic rings. The number of hydrogen-bond acceptors (Lipinski definition) is 4. The van der Waals surface area contributed by atoms with E-state index in [-0.39, 0.29) is 5.91 Å². The van der Waals surface area contributed by atoms with E-state index >= 15 is 0 Å². The largest absolute Gasteiger partial charge is 0.496 e. The van der Waals surface area contributed by atoms with Gasteiger partial charge in [-0.15, -0.1) is 0 Å². The quantitative estimate of drug-likeness (QED) is 0.746. The van der Waals surface area contributed by atoms with E-state index in [1.165, 1.54) is 0 Å². The molecular formula is C15H25N3O2. The molecule has 0 saturated heterocycles. The van der Waals surface area contributed by atoms with Gasteiger partial charge in [-0.1, -0.05) is 6.92 Å². The number of ether oxygens (including phenoxy) is 1. The molecule has 1 aromatic carbocycles. The van der Waals surface area contributed by atoms with Crippen molar-refractivity contribution in [2.45, 2.75) is 26.3 Å². The normalized spacial score (nSPS) is 12.2. The number of nitrogens with two attached hydrogens (primary N) is 1. The highest BCUT2D eigenvalue weighted by atomic mass is 16.5. The van der Waals surface area contributed by atoms with Gasteiger partial charge in [-0.3, -0.25) is 4.79 Å². The molecule has 1 rings (SSSR count). The van der Waals surface area contributed by atoms with Crippen LogP contribution in [0.15, 0.2) is 18.2 Å². The van der Waals surface area contributed by atoms with Gasteiger partial charge in [-0.25, -0.2) is 0 Å².